The zero-order valence-electron chi connectivity index (χ0n) is 13.7. The normalized spacial score (nSPS) is 10.1. The number of amides is 2. The van der Waals surface area contributed by atoms with Crippen molar-refractivity contribution in [2.75, 3.05) is 22.9 Å². The molecule has 0 unspecified atom stereocenters. The van der Waals surface area contributed by atoms with E-state index in [9.17, 15) is 14.7 Å². The number of para-hydroxylation sites is 1. The summed E-state index contributed by atoms with van der Waals surface area (Å²) in [4.78, 5) is 26.3. The fraction of sp³-hybridized carbons (Fsp3) is 0.222. The number of hydrogen-bond donors (Lipinski definition) is 1. The highest BCUT2D eigenvalue weighted by Crippen LogP contribution is 2.23. The van der Waals surface area contributed by atoms with Crippen LogP contribution < -0.4 is 14.5 Å². The third-order valence-corrected chi connectivity index (χ3v) is 3.49. The van der Waals surface area contributed by atoms with Gasteiger partial charge in [0.15, 0.2) is 0 Å². The van der Waals surface area contributed by atoms with Crippen molar-refractivity contribution in [1.82, 2.24) is 0 Å². The molecule has 0 bridgehead atoms. The molecule has 0 radical (unpaired) electrons. The molecule has 0 heterocycles. The number of anilines is 2. The number of carbonyl (C=O) groups is 2. The average Bonchev–Trinajstić information content (AvgIpc) is 2.57. The van der Waals surface area contributed by atoms with Crippen LogP contribution in [0.5, 0.6) is 5.75 Å². The van der Waals surface area contributed by atoms with E-state index >= 15 is 0 Å². The Bertz CT molecular complexity index is 703. The Morgan fingerprint density at radius 3 is 2.12 bits per heavy atom. The summed E-state index contributed by atoms with van der Waals surface area (Å²) < 4.78 is 5.40. The first-order chi connectivity index (χ1) is 11.6. The van der Waals surface area contributed by atoms with Gasteiger partial charge < -0.3 is 9.84 Å². The maximum absolute atomic E-state index is 12.4. The predicted molar refractivity (Wildman–Crippen MR) is 93.0 cm³/mol. The van der Waals surface area contributed by atoms with Crippen molar-refractivity contribution in [2.45, 2.75) is 13.8 Å². The predicted octanol–water partition coefficient (Wildman–Crippen LogP) is 4.22. The minimum atomic E-state index is -1.06. The van der Waals surface area contributed by atoms with E-state index in [1.54, 1.807) is 25.1 Å². The highest BCUT2D eigenvalue weighted by Gasteiger charge is 2.17. The smallest absolute Gasteiger partial charge is 0.419 e. The summed E-state index contributed by atoms with van der Waals surface area (Å²) in [7, 11) is 0. The molecule has 0 aromatic heterocycles. The average molecular weight is 328 g/mol. The Hall–Kier alpha value is -3.02. The summed E-state index contributed by atoms with van der Waals surface area (Å²) in [5, 5.41) is 9.18. The minimum absolute atomic E-state index is 0.298. The van der Waals surface area contributed by atoms with E-state index in [2.05, 4.69) is 0 Å². The molecule has 6 heteroatoms. The lowest BCUT2D eigenvalue weighted by Crippen LogP contribution is -2.33. The van der Waals surface area contributed by atoms with Gasteiger partial charge in [-0.15, -0.1) is 0 Å². The molecule has 0 saturated carbocycles. The van der Waals surface area contributed by atoms with Gasteiger partial charge in [-0.25, -0.2) is 9.59 Å². The second-order valence-corrected chi connectivity index (χ2v) is 4.97. The van der Waals surface area contributed by atoms with Gasteiger partial charge in [-0.2, -0.15) is 0 Å². The van der Waals surface area contributed by atoms with Gasteiger partial charge >= 0.3 is 12.2 Å². The van der Waals surface area contributed by atoms with Crippen LogP contribution in [0, 0.1) is 0 Å². The number of hydrogen-bond acceptors (Lipinski definition) is 3. The highest BCUT2D eigenvalue weighted by molar-refractivity contribution is 5.90. The van der Waals surface area contributed by atoms with Gasteiger partial charge in [0.05, 0.1) is 5.69 Å². The molecule has 24 heavy (non-hydrogen) atoms. The lowest BCUT2D eigenvalue weighted by molar-refractivity contribution is 0.202. The topological polar surface area (TPSA) is 70.1 Å². The zero-order valence-corrected chi connectivity index (χ0v) is 13.7. The van der Waals surface area contributed by atoms with Crippen molar-refractivity contribution in [3.63, 3.8) is 0 Å². The second-order valence-electron chi connectivity index (χ2n) is 4.97. The summed E-state index contributed by atoms with van der Waals surface area (Å²) in [5.74, 6) is 0.298. The first kappa shape index (κ1) is 17.3. The van der Waals surface area contributed by atoms with E-state index in [0.717, 1.165) is 5.69 Å². The van der Waals surface area contributed by atoms with Gasteiger partial charge in [-0.1, -0.05) is 24.3 Å². The third-order valence-electron chi connectivity index (χ3n) is 3.49. The molecular formula is C18H20N2O4. The molecule has 2 rings (SSSR count). The van der Waals surface area contributed by atoms with Crippen LogP contribution in [0.15, 0.2) is 54.6 Å². The highest BCUT2D eigenvalue weighted by atomic mass is 16.6. The molecule has 0 atom stereocenters. The summed E-state index contributed by atoms with van der Waals surface area (Å²) in [6.45, 7) is 4.35. The SMILES string of the molecule is CCN(C(=O)O)c1cccc(OC(=O)N(CC)c2ccccc2)c1. The van der Waals surface area contributed by atoms with Crippen molar-refractivity contribution < 1.29 is 19.4 Å². The molecule has 0 aliphatic heterocycles. The van der Waals surface area contributed by atoms with Crippen molar-refractivity contribution >= 4 is 23.6 Å². The Kier molecular flexibility index (Phi) is 5.78. The number of rotatable bonds is 5. The van der Waals surface area contributed by atoms with Gasteiger partial charge in [0.1, 0.15) is 5.75 Å². The molecule has 0 aliphatic carbocycles. The molecule has 2 aromatic carbocycles. The molecule has 6 nitrogen and oxygen atoms in total. The van der Waals surface area contributed by atoms with Crippen LogP contribution in [0.2, 0.25) is 0 Å². The van der Waals surface area contributed by atoms with Crippen LogP contribution in [0.25, 0.3) is 0 Å². The van der Waals surface area contributed by atoms with Gasteiger partial charge in [-0.05, 0) is 38.1 Å². The fourth-order valence-corrected chi connectivity index (χ4v) is 2.32. The number of ether oxygens (including phenoxy) is 1. The van der Waals surface area contributed by atoms with E-state index in [4.69, 9.17) is 4.74 Å². The number of benzene rings is 2. The summed E-state index contributed by atoms with van der Waals surface area (Å²) >= 11 is 0. The molecule has 0 saturated heterocycles. The largest absolute Gasteiger partial charge is 0.465 e. The van der Waals surface area contributed by atoms with Gasteiger partial charge in [0, 0.05) is 24.8 Å². The number of nitrogens with zero attached hydrogens (tertiary/aromatic N) is 2. The standard InChI is InChI=1S/C18H20N2O4/c1-3-19(17(21)22)15-11-8-12-16(13-15)24-18(23)20(4-2)14-9-6-5-7-10-14/h5-13H,3-4H2,1-2H3,(H,21,22). The van der Waals surface area contributed by atoms with Crippen LogP contribution in [0.4, 0.5) is 21.0 Å². The second kappa shape index (κ2) is 8.01. The molecule has 0 fully saturated rings. The van der Waals surface area contributed by atoms with E-state index in [0.29, 0.717) is 24.5 Å². The van der Waals surface area contributed by atoms with Crippen molar-refractivity contribution in [3.05, 3.63) is 54.6 Å². The van der Waals surface area contributed by atoms with Gasteiger partial charge in [-0.3, -0.25) is 9.80 Å². The summed E-state index contributed by atoms with van der Waals surface area (Å²) in [6, 6.07) is 15.7. The Balaban J connectivity index is 2.18. The number of carboxylic acid groups (broad SMARTS) is 1. The van der Waals surface area contributed by atoms with E-state index in [-0.39, 0.29) is 0 Å². The molecule has 2 aromatic rings. The van der Waals surface area contributed by atoms with Crippen LogP contribution in [0.3, 0.4) is 0 Å². The Labute approximate surface area is 140 Å². The molecule has 126 valence electrons. The van der Waals surface area contributed by atoms with Crippen molar-refractivity contribution in [2.24, 2.45) is 0 Å². The maximum atomic E-state index is 12.4. The van der Waals surface area contributed by atoms with Crippen LogP contribution in [0.1, 0.15) is 13.8 Å². The fourth-order valence-electron chi connectivity index (χ4n) is 2.32. The Morgan fingerprint density at radius 2 is 1.54 bits per heavy atom. The quantitative estimate of drug-likeness (QED) is 0.892. The Morgan fingerprint density at radius 1 is 0.917 bits per heavy atom. The maximum Gasteiger partial charge on any atom is 0.419 e. The van der Waals surface area contributed by atoms with Crippen LogP contribution in [-0.4, -0.2) is 30.4 Å². The number of carbonyl (C=O) groups excluding carboxylic acids is 1. The first-order valence-corrected chi connectivity index (χ1v) is 7.71. The van der Waals surface area contributed by atoms with Crippen molar-refractivity contribution in [1.29, 1.82) is 0 Å². The van der Waals surface area contributed by atoms with Gasteiger partial charge in [0.25, 0.3) is 0 Å². The van der Waals surface area contributed by atoms with E-state index in [1.807, 2.05) is 37.3 Å². The molecule has 0 spiro atoms. The van der Waals surface area contributed by atoms with Crippen LogP contribution >= 0.6 is 0 Å². The summed E-state index contributed by atoms with van der Waals surface area (Å²) in [6.07, 6.45) is -1.57. The monoisotopic (exact) mass is 328 g/mol. The van der Waals surface area contributed by atoms with E-state index in [1.165, 1.54) is 15.9 Å². The van der Waals surface area contributed by atoms with Crippen molar-refractivity contribution in [3.8, 4) is 5.75 Å². The molecule has 1 N–H and O–H groups in total. The van der Waals surface area contributed by atoms with E-state index < -0.39 is 12.2 Å². The lowest BCUT2D eigenvalue weighted by atomic mass is 10.2. The molecule has 0 aliphatic rings. The minimum Gasteiger partial charge on any atom is -0.465 e. The summed E-state index contributed by atoms with van der Waals surface area (Å²) in [5.41, 5.74) is 1.19. The molecular weight excluding hydrogens is 308 g/mol. The lowest BCUT2D eigenvalue weighted by Gasteiger charge is -2.21. The third kappa shape index (κ3) is 4.04. The van der Waals surface area contributed by atoms with Gasteiger partial charge in [0.2, 0.25) is 0 Å². The molecule has 2 amide bonds. The zero-order chi connectivity index (χ0) is 17.5. The first-order valence-electron chi connectivity index (χ1n) is 7.71. The van der Waals surface area contributed by atoms with Crippen LogP contribution in [-0.2, 0) is 0 Å².